The summed E-state index contributed by atoms with van der Waals surface area (Å²) in [6, 6.07) is 0. The van der Waals surface area contributed by atoms with Crippen molar-refractivity contribution in [2.75, 3.05) is 103 Å². The van der Waals surface area contributed by atoms with Crippen molar-refractivity contribution in [1.82, 2.24) is 39.9 Å². The maximum absolute atomic E-state index is 7.31. The van der Waals surface area contributed by atoms with Crippen LogP contribution < -0.4 is 37.9 Å². The second-order valence-corrected chi connectivity index (χ2v) is 36.3. The van der Waals surface area contributed by atoms with Crippen LogP contribution in [0.3, 0.4) is 0 Å². The van der Waals surface area contributed by atoms with Gasteiger partial charge in [-0.1, -0.05) is 111 Å². The number of hydrogen-bond acceptors (Lipinski definition) is 22. The molecule has 0 aliphatic carbocycles. The minimum atomic E-state index is 0.360. The fraction of sp³-hybridized carbons (Fsp3) is 0.600. The molecule has 0 saturated heterocycles. The van der Waals surface area contributed by atoms with Gasteiger partial charge in [0.05, 0.1) is 136 Å². The molecule has 4 aromatic carbocycles. The molecule has 0 unspecified atom stereocenters. The molecule has 2 N–H and O–H groups in total. The van der Waals surface area contributed by atoms with Crippen LogP contribution in [-0.4, -0.2) is 143 Å². The van der Waals surface area contributed by atoms with E-state index < -0.39 is 0 Å². The molecule has 0 fully saturated rings. The quantitative estimate of drug-likeness (QED) is 0.0346. The second-order valence-electron chi connectivity index (χ2n) is 29.8. The van der Waals surface area contributed by atoms with E-state index in [2.05, 4.69) is 171 Å². The van der Waals surface area contributed by atoms with Gasteiger partial charge in [0.2, 0.25) is 0 Å². The number of rotatable bonds is 40. The van der Waals surface area contributed by atoms with Crippen molar-refractivity contribution in [2.24, 2.45) is 47.3 Å². The summed E-state index contributed by atoms with van der Waals surface area (Å²) < 4.78 is 58.5. The predicted molar refractivity (Wildman–Crippen MR) is 450 cm³/mol. The Morgan fingerprint density at radius 3 is 0.510 bits per heavy atom. The molecule has 2 aliphatic heterocycles. The van der Waals surface area contributed by atoms with E-state index >= 15 is 0 Å². The van der Waals surface area contributed by atoms with E-state index in [9.17, 15) is 0 Å². The molecular formula is C80H114N8O8S8. The number of H-pyrrole nitrogens is 2. The van der Waals surface area contributed by atoms with Gasteiger partial charge in [-0.2, -0.15) is 0 Å². The molecule has 5 heterocycles. The zero-order chi connectivity index (χ0) is 75.4. The lowest BCUT2D eigenvalue weighted by molar-refractivity contribution is 0.272. The number of benzene rings is 4. The monoisotopic (exact) mass is 1570 g/mol. The Morgan fingerprint density at radius 2 is 0.365 bits per heavy atom. The van der Waals surface area contributed by atoms with E-state index in [1.165, 1.54) is 0 Å². The fourth-order valence-corrected chi connectivity index (χ4v) is 19.1. The standard InChI is InChI=1S/C80H114N8O8S8/c1-41(2)25-33-89-57-49-50(58(90-34-26-42(3)4)66(98-18)65(57)97-17)74-81-73(49)85-75-51-52(60(92-36-28-44(7)8)68(100-20)67(99-19)59(51)91-35-27-43(5)6)77(82-75)87-79-55-56(64(96-40-32-48(15)16)72(104-24)71(103-23)63(55)95-39-31-47(13)14)80(84-79)88-78-54-53(76(83-78)86-74)61(93-37-29-45(9)10)69(101-21)70(102-22)62(54)94-38-30-46(11)12/h41-48H,25-40H2,1-24H3,(H2,81,82,83,84,85,86,87,88). The van der Waals surface area contributed by atoms with E-state index in [-0.39, 0.29) is 0 Å². The van der Waals surface area contributed by atoms with Crippen LogP contribution in [0.4, 0.5) is 0 Å². The molecule has 0 radical (unpaired) electrons. The average Bonchev–Trinajstić information content (AvgIpc) is 1.55. The van der Waals surface area contributed by atoms with Crippen molar-refractivity contribution < 1.29 is 37.9 Å². The smallest absolute Gasteiger partial charge is 0.168 e. The number of ether oxygens (including phenoxy) is 8. The number of aromatic nitrogens is 8. The van der Waals surface area contributed by atoms with E-state index in [1.54, 1.807) is 94.1 Å². The Kier molecular flexibility index (Phi) is 31.0. The maximum atomic E-state index is 7.31. The van der Waals surface area contributed by atoms with Crippen LogP contribution >= 0.6 is 94.1 Å². The van der Waals surface area contributed by atoms with Crippen molar-refractivity contribution in [3.05, 3.63) is 0 Å². The summed E-state index contributed by atoms with van der Waals surface area (Å²) in [5.74, 6) is 9.66. The maximum Gasteiger partial charge on any atom is 0.168 e. The molecule has 7 aromatic rings. The van der Waals surface area contributed by atoms with Crippen LogP contribution in [0.15, 0.2) is 39.2 Å². The third-order valence-electron chi connectivity index (χ3n) is 18.1. The highest BCUT2D eigenvalue weighted by Gasteiger charge is 2.39. The lowest BCUT2D eigenvalue weighted by atomic mass is 10.0. The summed E-state index contributed by atoms with van der Waals surface area (Å²) in [6.45, 7) is 39.2. The Balaban J connectivity index is 1.69. The van der Waals surface area contributed by atoms with E-state index in [4.69, 9.17) is 67.8 Å². The van der Waals surface area contributed by atoms with Crippen LogP contribution in [-0.2, 0) is 0 Å². The predicted octanol–water partition coefficient (Wildman–Crippen LogP) is 24.0. The summed E-state index contributed by atoms with van der Waals surface area (Å²) in [6.07, 6.45) is 23.4. The summed E-state index contributed by atoms with van der Waals surface area (Å²) >= 11 is 13.1. The largest absolute Gasteiger partial charge is 0.492 e. The molecule has 2 aliphatic rings. The molecule has 0 spiro atoms. The highest BCUT2D eigenvalue weighted by atomic mass is 32.2. The molecule has 0 atom stereocenters. The summed E-state index contributed by atoms with van der Waals surface area (Å²) in [4.78, 5) is 50.7. The molecule has 8 bridgehead atoms. The number of aromatic amines is 2. The Labute approximate surface area is 653 Å². The van der Waals surface area contributed by atoms with Gasteiger partial charge in [0.15, 0.2) is 23.3 Å². The van der Waals surface area contributed by atoms with Crippen molar-refractivity contribution in [1.29, 1.82) is 0 Å². The Bertz CT molecular complexity index is 3780. The van der Waals surface area contributed by atoms with Gasteiger partial charge in [0.1, 0.15) is 68.6 Å². The molecule has 9 rings (SSSR count). The number of fused-ring (bicyclic) bond motifs is 20. The molecule has 0 amide bonds. The topological polar surface area (TPSA) is 183 Å². The summed E-state index contributed by atoms with van der Waals surface area (Å²) in [5, 5.41) is 2.77. The van der Waals surface area contributed by atoms with Crippen LogP contribution in [0.25, 0.3) is 89.7 Å². The molecule has 104 heavy (non-hydrogen) atoms. The lowest BCUT2D eigenvalue weighted by Gasteiger charge is -2.22. The first kappa shape index (κ1) is 83.5. The zero-order valence-electron chi connectivity index (χ0n) is 66.1. The van der Waals surface area contributed by atoms with Crippen LogP contribution in [0, 0.1) is 47.3 Å². The molecule has 570 valence electrons. The minimum Gasteiger partial charge on any atom is -0.492 e. The Hall–Kier alpha value is -4.56. The molecule has 0 saturated carbocycles. The van der Waals surface area contributed by atoms with Crippen LogP contribution in [0.2, 0.25) is 0 Å². The van der Waals surface area contributed by atoms with E-state index in [0.29, 0.717) is 236 Å². The molecular weight excluding hydrogens is 1460 g/mol. The van der Waals surface area contributed by atoms with Gasteiger partial charge in [0, 0.05) is 0 Å². The van der Waals surface area contributed by atoms with Gasteiger partial charge < -0.3 is 47.9 Å². The molecule has 3 aromatic heterocycles. The van der Waals surface area contributed by atoms with Gasteiger partial charge in [0.25, 0.3) is 0 Å². The zero-order valence-corrected chi connectivity index (χ0v) is 72.7. The third-order valence-corrected chi connectivity index (χ3v) is 25.0. The van der Waals surface area contributed by atoms with Crippen molar-refractivity contribution >= 4 is 138 Å². The number of nitrogens with zero attached hydrogens (tertiary/aromatic N) is 6. The van der Waals surface area contributed by atoms with Crippen molar-refractivity contribution in [2.45, 2.75) is 201 Å². The average molecular weight is 1570 g/mol. The first-order valence-corrected chi connectivity index (χ1v) is 46.8. The van der Waals surface area contributed by atoms with E-state index in [0.717, 1.165) is 90.5 Å². The van der Waals surface area contributed by atoms with Gasteiger partial charge in [-0.15, -0.1) is 94.1 Å². The Morgan fingerprint density at radius 1 is 0.221 bits per heavy atom. The normalized spacial score (nSPS) is 12.3. The van der Waals surface area contributed by atoms with Gasteiger partial charge in [-0.05, 0) is 149 Å². The second kappa shape index (κ2) is 38.7. The fourth-order valence-electron chi connectivity index (χ4n) is 12.1. The molecule has 16 nitrogen and oxygen atoms in total. The first-order valence-electron chi connectivity index (χ1n) is 37.0. The van der Waals surface area contributed by atoms with Crippen LogP contribution in [0.5, 0.6) is 46.0 Å². The lowest BCUT2D eigenvalue weighted by Crippen LogP contribution is -2.08. The van der Waals surface area contributed by atoms with Crippen molar-refractivity contribution in [3.63, 3.8) is 0 Å². The minimum absolute atomic E-state index is 0.360. The van der Waals surface area contributed by atoms with Gasteiger partial charge in [-0.25, -0.2) is 29.9 Å². The van der Waals surface area contributed by atoms with Crippen LogP contribution in [0.1, 0.15) is 162 Å². The summed E-state index contributed by atoms with van der Waals surface area (Å²) in [7, 11) is 0. The number of thioether (sulfide) groups is 8. The van der Waals surface area contributed by atoms with Crippen molar-refractivity contribution in [3.8, 4) is 91.5 Å². The summed E-state index contributed by atoms with van der Waals surface area (Å²) in [5.41, 5.74) is 4.47. The highest BCUT2D eigenvalue weighted by molar-refractivity contribution is 8.03. The SMILES string of the molecule is CSc1c(OCCC(C)C)c2c(c(OCCC(C)C)c1SC)-c1nc-2nc2[nH]c(nc3nc(nc4[nH]c(n1)c1c(OCCC(C)C)c(SC)c(SC)c(OCCC(C)C)c41)-c1c(OCCC(C)C)c(SC)c(SC)c(OCCC(C)C)c1-3)c1c(OCCC(C)C)c(SC)c(SC)c(OCCC(C)C)c21. The highest BCUT2D eigenvalue weighted by Crippen LogP contribution is 2.60. The first-order chi connectivity index (χ1) is 49.9. The molecule has 24 heteroatoms. The number of hydrogen-bond donors (Lipinski definition) is 2. The van der Waals surface area contributed by atoms with Gasteiger partial charge in [-0.3, -0.25) is 0 Å². The van der Waals surface area contributed by atoms with E-state index in [1.807, 2.05) is 0 Å². The third kappa shape index (κ3) is 18.8. The van der Waals surface area contributed by atoms with Gasteiger partial charge >= 0.3 is 0 Å². The number of nitrogens with one attached hydrogen (secondary N) is 2.